The number of benzene rings is 5. The van der Waals surface area contributed by atoms with Crippen LogP contribution in [0.5, 0.6) is 0 Å². The summed E-state index contributed by atoms with van der Waals surface area (Å²) in [5, 5.41) is 3.28. The van der Waals surface area contributed by atoms with Gasteiger partial charge in [-0.1, -0.05) is 126 Å². The summed E-state index contributed by atoms with van der Waals surface area (Å²) in [6, 6.07) is 39.1. The van der Waals surface area contributed by atoms with Crippen molar-refractivity contribution < 1.29 is 32.7 Å². The Bertz CT molecular complexity index is 3170. The van der Waals surface area contributed by atoms with E-state index < -0.39 is 13.7 Å². The molecule has 0 saturated heterocycles. The fourth-order valence-electron chi connectivity index (χ4n) is 7.56. The number of fused-ring (bicyclic) bond motifs is 5. The molecule has 1 radical (unpaired) electrons. The Balaban J connectivity index is 0.000000210. The molecule has 0 saturated carbocycles. The van der Waals surface area contributed by atoms with Gasteiger partial charge in [-0.3, -0.25) is 0 Å². The van der Waals surface area contributed by atoms with Crippen LogP contribution < -0.4 is 0 Å². The zero-order valence-electron chi connectivity index (χ0n) is 41.2. The molecule has 0 aliphatic carbocycles. The fourth-order valence-corrected chi connectivity index (χ4v) is 8.58. The van der Waals surface area contributed by atoms with E-state index in [1.54, 1.807) is 23.5 Å². The Morgan fingerprint density at radius 2 is 1.47 bits per heavy atom. The first kappa shape index (κ1) is 35.5. The van der Waals surface area contributed by atoms with Crippen LogP contribution in [0.25, 0.3) is 76.9 Å². The SMILES string of the molecule is Cc1cccc(C)c1-c1cnc(-c2[c-]ccc3c2oc2c3ccc3sc(C(C)(C)C)nc32)cc1CC(C)(C)C.[2H]C([2H])([2H])c1c[c-]c(-c2cc(-c3ccccc3)c(C([2H])([2H])[2H])cn2)cc1.[Ir]. The number of rotatable bonds is 5. The Morgan fingerprint density at radius 3 is 2.15 bits per heavy atom. The smallest absolute Gasteiger partial charge is 0.148 e. The van der Waals surface area contributed by atoms with Gasteiger partial charge >= 0.3 is 0 Å². The largest absolute Gasteiger partial charge is 0.498 e. The zero-order chi connectivity index (χ0) is 46.6. The summed E-state index contributed by atoms with van der Waals surface area (Å²) < 4.78 is 53.4. The van der Waals surface area contributed by atoms with Gasteiger partial charge in [-0.15, -0.1) is 64.9 Å². The first-order valence-corrected chi connectivity index (χ1v) is 20.7. The first-order chi connectivity index (χ1) is 30.6. The summed E-state index contributed by atoms with van der Waals surface area (Å²) in [4.78, 5) is 14.3. The minimum atomic E-state index is -2.29. The van der Waals surface area contributed by atoms with Crippen molar-refractivity contribution in [2.45, 2.75) is 80.9 Å². The van der Waals surface area contributed by atoms with E-state index in [1.807, 2.05) is 36.4 Å². The second kappa shape index (κ2) is 17.0. The molecule has 4 heterocycles. The maximum atomic E-state index is 7.76. The molecule has 0 atom stereocenters. The van der Waals surface area contributed by atoms with Gasteiger partial charge < -0.3 is 14.4 Å². The van der Waals surface area contributed by atoms with Gasteiger partial charge in [0.15, 0.2) is 0 Å². The third-order valence-corrected chi connectivity index (χ3v) is 11.8. The standard InChI is InChI=1S/C35H35N2OS.C19H16N.Ir/c1-20-11-9-12-21(2)29(20)26-19-36-27(17-22(26)18-34(3,4)5)25-14-10-13-23-24-15-16-28-30(32(24)38-31(23)25)37-33(39-28)35(6,7)8;1-14-8-10-17(11-9-14)19-12-18(15(2)13-20-19)16-6-4-3-5-7-16;/h9-13,15-17,19H,18H2,1-8H3;3-10,12-13H,1-2H3;/q2*-1;/i;1D3,2D3;. The van der Waals surface area contributed by atoms with Crippen molar-refractivity contribution in [1.29, 1.82) is 0 Å². The fraction of sp³-hybridized carbons (Fsp3) is 0.241. The van der Waals surface area contributed by atoms with E-state index in [2.05, 4.69) is 121 Å². The Morgan fingerprint density at radius 1 is 0.717 bits per heavy atom. The van der Waals surface area contributed by atoms with E-state index in [-0.39, 0.29) is 42.1 Å². The van der Waals surface area contributed by atoms with E-state index in [9.17, 15) is 0 Å². The predicted octanol–water partition coefficient (Wildman–Crippen LogP) is 15.1. The van der Waals surface area contributed by atoms with E-state index >= 15 is 0 Å². The van der Waals surface area contributed by atoms with Crippen molar-refractivity contribution in [1.82, 2.24) is 15.0 Å². The Labute approximate surface area is 381 Å². The second-order valence-electron chi connectivity index (χ2n) is 17.5. The molecule has 4 aromatic heterocycles. The molecule has 0 amide bonds. The average molecular weight is 988 g/mol. The molecular formula is C54H51IrN3OS-2. The molecule has 60 heavy (non-hydrogen) atoms. The molecule has 5 aromatic carbocycles. The molecule has 0 aliphatic rings. The number of nitrogens with zero attached hydrogens (tertiary/aromatic N) is 3. The molecule has 6 heteroatoms. The number of thiazole rings is 1. The number of hydrogen-bond acceptors (Lipinski definition) is 5. The molecule has 4 nitrogen and oxygen atoms in total. The molecule has 0 fully saturated rings. The van der Waals surface area contributed by atoms with Crippen LogP contribution in [0.4, 0.5) is 0 Å². The van der Waals surface area contributed by atoms with Gasteiger partial charge in [-0.05, 0) is 88.9 Å². The third-order valence-electron chi connectivity index (χ3n) is 10.4. The minimum Gasteiger partial charge on any atom is -0.498 e. The van der Waals surface area contributed by atoms with E-state index in [0.29, 0.717) is 16.8 Å². The number of aryl methyl sites for hydroxylation is 4. The van der Waals surface area contributed by atoms with Crippen LogP contribution in [-0.2, 0) is 31.9 Å². The molecular weight excluding hydrogens is 931 g/mol. The molecule has 0 unspecified atom stereocenters. The number of aromatic nitrogens is 3. The maximum absolute atomic E-state index is 7.76. The predicted molar refractivity (Wildman–Crippen MR) is 249 cm³/mol. The quantitative estimate of drug-likeness (QED) is 0.161. The van der Waals surface area contributed by atoms with Crippen molar-refractivity contribution in [3.8, 4) is 44.8 Å². The van der Waals surface area contributed by atoms with Crippen LogP contribution >= 0.6 is 11.3 Å². The van der Waals surface area contributed by atoms with Crippen LogP contribution in [0.3, 0.4) is 0 Å². The summed E-state index contributed by atoms with van der Waals surface area (Å²) in [7, 11) is 0. The summed E-state index contributed by atoms with van der Waals surface area (Å²) in [6.07, 6.45) is 4.35. The van der Waals surface area contributed by atoms with E-state index in [1.165, 1.54) is 46.1 Å². The van der Waals surface area contributed by atoms with Crippen LogP contribution in [0.2, 0.25) is 0 Å². The maximum Gasteiger partial charge on any atom is 0.148 e. The van der Waals surface area contributed by atoms with Gasteiger partial charge in [-0.25, -0.2) is 4.98 Å². The second-order valence-corrected chi connectivity index (χ2v) is 18.5. The molecule has 0 N–H and O–H groups in total. The molecule has 0 bridgehead atoms. The van der Waals surface area contributed by atoms with Crippen molar-refractivity contribution >= 4 is 43.5 Å². The van der Waals surface area contributed by atoms with Crippen LogP contribution in [0, 0.1) is 45.1 Å². The van der Waals surface area contributed by atoms with Gasteiger partial charge in [0.05, 0.1) is 15.3 Å². The topological polar surface area (TPSA) is 51.8 Å². The van der Waals surface area contributed by atoms with E-state index in [0.717, 1.165) is 60.4 Å². The summed E-state index contributed by atoms with van der Waals surface area (Å²) in [5.41, 5.74) is 13.7. The third kappa shape index (κ3) is 8.79. The first-order valence-electron chi connectivity index (χ1n) is 22.9. The van der Waals surface area contributed by atoms with Crippen LogP contribution in [-0.4, -0.2) is 15.0 Å². The number of furan rings is 1. The van der Waals surface area contributed by atoms with Crippen molar-refractivity contribution in [2.24, 2.45) is 5.41 Å². The zero-order valence-corrected chi connectivity index (χ0v) is 38.4. The number of pyridine rings is 2. The van der Waals surface area contributed by atoms with Crippen molar-refractivity contribution in [3.63, 3.8) is 0 Å². The number of hydrogen-bond donors (Lipinski definition) is 0. The molecule has 9 rings (SSSR count). The van der Waals surface area contributed by atoms with Gasteiger partial charge in [0.25, 0.3) is 0 Å². The molecule has 0 aliphatic heterocycles. The Hall–Kier alpha value is -5.26. The van der Waals surface area contributed by atoms with Gasteiger partial charge in [0.1, 0.15) is 11.1 Å². The monoisotopic (exact) mass is 988 g/mol. The average Bonchev–Trinajstić information content (AvgIpc) is 3.86. The van der Waals surface area contributed by atoms with E-state index in [4.69, 9.17) is 22.6 Å². The minimum absolute atomic E-state index is 0. The molecule has 0 spiro atoms. The van der Waals surface area contributed by atoms with Gasteiger partial charge in [-0.2, -0.15) is 0 Å². The van der Waals surface area contributed by atoms with Gasteiger partial charge in [0, 0.05) is 57.1 Å². The normalized spacial score (nSPS) is 13.7. The summed E-state index contributed by atoms with van der Waals surface area (Å²) >= 11 is 1.75. The summed E-state index contributed by atoms with van der Waals surface area (Å²) in [5.74, 6) is 0. The van der Waals surface area contributed by atoms with Crippen LogP contribution in [0.1, 0.15) is 82.6 Å². The van der Waals surface area contributed by atoms with Crippen molar-refractivity contribution in [3.05, 3.63) is 160 Å². The Kier molecular flexibility index (Phi) is 10.1. The molecule has 9 aromatic rings. The van der Waals surface area contributed by atoms with Crippen LogP contribution in [0.15, 0.2) is 120 Å². The molecule has 305 valence electrons. The van der Waals surface area contributed by atoms with Gasteiger partial charge in [0.2, 0.25) is 0 Å². The van der Waals surface area contributed by atoms with Crippen molar-refractivity contribution in [2.75, 3.05) is 0 Å². The summed E-state index contributed by atoms with van der Waals surface area (Å²) in [6.45, 7) is 13.4.